The van der Waals surface area contributed by atoms with Gasteiger partial charge in [0.2, 0.25) is 10.0 Å². The van der Waals surface area contributed by atoms with Crippen LogP contribution in [-0.4, -0.2) is 8.42 Å². The third-order valence-corrected chi connectivity index (χ3v) is 3.81. The van der Waals surface area contributed by atoms with E-state index in [9.17, 15) is 17.2 Å². The Bertz CT molecular complexity index is 807. The molecule has 0 aliphatic heterocycles. The second-order valence-corrected chi connectivity index (χ2v) is 6.01. The maximum atomic E-state index is 13.9. The number of sulfonamides is 1. The Hall–Kier alpha value is -2.19. The van der Waals surface area contributed by atoms with Crippen molar-refractivity contribution in [2.45, 2.75) is 11.8 Å². The summed E-state index contributed by atoms with van der Waals surface area (Å²) in [4.78, 5) is -0.345. The lowest BCUT2D eigenvalue weighted by Gasteiger charge is -2.13. The van der Waals surface area contributed by atoms with Crippen molar-refractivity contribution in [3.63, 3.8) is 0 Å². The molecule has 0 fully saturated rings. The number of hydrogen-bond acceptors (Lipinski definition) is 4. The van der Waals surface area contributed by atoms with Crippen LogP contribution in [0.4, 0.5) is 25.8 Å². The van der Waals surface area contributed by atoms with Crippen molar-refractivity contribution in [1.29, 1.82) is 0 Å². The summed E-state index contributed by atoms with van der Waals surface area (Å²) in [5.74, 6) is -1.66. The van der Waals surface area contributed by atoms with Gasteiger partial charge in [0.1, 0.15) is 16.4 Å². The summed E-state index contributed by atoms with van der Waals surface area (Å²) in [6.45, 7) is 1.46. The molecule has 0 atom stereocenters. The minimum absolute atomic E-state index is 0.0601. The number of nitrogens with two attached hydrogens (primary N) is 2. The van der Waals surface area contributed by atoms with Crippen LogP contribution in [0.15, 0.2) is 35.2 Å². The third kappa shape index (κ3) is 3.11. The molecule has 5 N–H and O–H groups in total. The molecule has 2 rings (SSSR count). The van der Waals surface area contributed by atoms with Crippen molar-refractivity contribution in [1.82, 2.24) is 0 Å². The highest BCUT2D eigenvalue weighted by Gasteiger charge is 2.18. The molecule has 0 radical (unpaired) electrons. The molecule has 0 aromatic heterocycles. The van der Waals surface area contributed by atoms with Crippen molar-refractivity contribution in [3.05, 3.63) is 47.5 Å². The van der Waals surface area contributed by atoms with Gasteiger partial charge in [-0.2, -0.15) is 0 Å². The molecule has 0 amide bonds. The van der Waals surface area contributed by atoms with E-state index in [0.717, 1.165) is 12.1 Å². The van der Waals surface area contributed by atoms with Gasteiger partial charge in [0.15, 0.2) is 5.82 Å². The SMILES string of the molecule is Cc1ccc(F)c(Nc2ccc(N)cc2S(N)(=O)=O)c1F. The average Bonchev–Trinajstić information content (AvgIpc) is 2.39. The molecule has 2 aromatic rings. The molecular weight excluding hydrogens is 300 g/mol. The van der Waals surface area contributed by atoms with Gasteiger partial charge in [-0.3, -0.25) is 0 Å². The molecule has 8 heteroatoms. The molecule has 5 nitrogen and oxygen atoms in total. The predicted octanol–water partition coefficient (Wildman–Crippen LogP) is 2.25. The fourth-order valence-corrected chi connectivity index (χ4v) is 2.51. The number of primary sulfonamides is 1. The number of aryl methyl sites for hydroxylation is 1. The van der Waals surface area contributed by atoms with E-state index in [2.05, 4.69) is 5.32 Å². The number of rotatable bonds is 3. The molecule has 2 aromatic carbocycles. The van der Waals surface area contributed by atoms with Crippen LogP contribution in [0.1, 0.15) is 5.56 Å². The Labute approximate surface area is 120 Å². The highest BCUT2D eigenvalue weighted by atomic mass is 32.2. The number of benzene rings is 2. The first kappa shape index (κ1) is 15.2. The van der Waals surface area contributed by atoms with E-state index in [-0.39, 0.29) is 21.8 Å². The average molecular weight is 313 g/mol. The lowest BCUT2D eigenvalue weighted by molar-refractivity contribution is 0.584. The molecule has 0 heterocycles. The van der Waals surface area contributed by atoms with Crippen molar-refractivity contribution in [2.75, 3.05) is 11.1 Å². The summed E-state index contributed by atoms with van der Waals surface area (Å²) >= 11 is 0. The predicted molar refractivity (Wildman–Crippen MR) is 76.6 cm³/mol. The van der Waals surface area contributed by atoms with Gasteiger partial charge in [0, 0.05) is 5.69 Å². The first-order valence-electron chi connectivity index (χ1n) is 5.84. The molecule has 0 bridgehead atoms. The first-order valence-corrected chi connectivity index (χ1v) is 7.38. The van der Waals surface area contributed by atoms with E-state index >= 15 is 0 Å². The Morgan fingerprint density at radius 2 is 1.81 bits per heavy atom. The van der Waals surface area contributed by atoms with Crippen LogP contribution >= 0.6 is 0 Å². The Morgan fingerprint density at radius 1 is 1.14 bits per heavy atom. The topological polar surface area (TPSA) is 98.2 Å². The number of nitrogen functional groups attached to an aromatic ring is 1. The molecule has 0 saturated carbocycles. The van der Waals surface area contributed by atoms with Crippen LogP contribution in [0.2, 0.25) is 0 Å². The van der Waals surface area contributed by atoms with Crippen molar-refractivity contribution < 1.29 is 17.2 Å². The van der Waals surface area contributed by atoms with Crippen molar-refractivity contribution in [2.24, 2.45) is 5.14 Å². The largest absolute Gasteiger partial charge is 0.399 e. The second-order valence-electron chi connectivity index (χ2n) is 4.48. The number of hydrogen-bond donors (Lipinski definition) is 3. The van der Waals surface area contributed by atoms with Gasteiger partial charge >= 0.3 is 0 Å². The summed E-state index contributed by atoms with van der Waals surface area (Å²) in [5, 5.41) is 7.49. The van der Waals surface area contributed by atoms with E-state index in [1.165, 1.54) is 25.1 Å². The fraction of sp³-hybridized carbons (Fsp3) is 0.0769. The van der Waals surface area contributed by atoms with Crippen molar-refractivity contribution in [3.8, 4) is 0 Å². The molecule has 0 aliphatic carbocycles. The van der Waals surface area contributed by atoms with Crippen molar-refractivity contribution >= 4 is 27.1 Å². The Balaban J connectivity index is 2.58. The monoisotopic (exact) mass is 313 g/mol. The number of halogens is 2. The van der Waals surface area contributed by atoms with Gasteiger partial charge < -0.3 is 11.1 Å². The Kier molecular flexibility index (Phi) is 3.84. The summed E-state index contributed by atoms with van der Waals surface area (Å²) in [7, 11) is -4.10. The van der Waals surface area contributed by atoms with Crippen LogP contribution in [0.3, 0.4) is 0 Å². The summed E-state index contributed by atoms with van der Waals surface area (Å²) in [5.41, 5.74) is 5.37. The molecule has 0 saturated heterocycles. The molecule has 112 valence electrons. The highest BCUT2D eigenvalue weighted by molar-refractivity contribution is 7.89. The van der Waals surface area contributed by atoms with Crippen LogP contribution in [-0.2, 0) is 10.0 Å². The number of anilines is 3. The zero-order valence-corrected chi connectivity index (χ0v) is 11.8. The summed E-state index contributed by atoms with van der Waals surface area (Å²) in [6, 6.07) is 6.15. The third-order valence-electron chi connectivity index (χ3n) is 2.86. The molecule has 21 heavy (non-hydrogen) atoms. The van der Waals surface area contributed by atoms with Crippen LogP contribution in [0.5, 0.6) is 0 Å². The van der Waals surface area contributed by atoms with E-state index < -0.39 is 27.3 Å². The van der Waals surface area contributed by atoms with E-state index in [1.807, 2.05) is 0 Å². The van der Waals surface area contributed by atoms with Gasteiger partial charge in [-0.15, -0.1) is 0 Å². The molecule has 0 aliphatic rings. The lowest BCUT2D eigenvalue weighted by Crippen LogP contribution is -2.15. The van der Waals surface area contributed by atoms with Crippen LogP contribution in [0, 0.1) is 18.6 Å². The normalized spacial score (nSPS) is 11.4. The van der Waals surface area contributed by atoms with E-state index in [4.69, 9.17) is 10.9 Å². The first-order chi connectivity index (χ1) is 9.70. The molecule has 0 unspecified atom stereocenters. The maximum Gasteiger partial charge on any atom is 0.240 e. The van der Waals surface area contributed by atoms with E-state index in [1.54, 1.807) is 0 Å². The second kappa shape index (κ2) is 5.30. The minimum atomic E-state index is -4.10. The zero-order valence-electron chi connectivity index (χ0n) is 11.0. The minimum Gasteiger partial charge on any atom is -0.399 e. The maximum absolute atomic E-state index is 13.9. The van der Waals surface area contributed by atoms with Gasteiger partial charge in [0.25, 0.3) is 0 Å². The Morgan fingerprint density at radius 3 is 2.43 bits per heavy atom. The molecular formula is C13H13F2N3O2S. The summed E-state index contributed by atoms with van der Waals surface area (Å²) < 4.78 is 50.7. The lowest BCUT2D eigenvalue weighted by atomic mass is 10.2. The summed E-state index contributed by atoms with van der Waals surface area (Å²) in [6.07, 6.45) is 0. The number of nitrogens with one attached hydrogen (secondary N) is 1. The highest BCUT2D eigenvalue weighted by Crippen LogP contribution is 2.30. The van der Waals surface area contributed by atoms with Gasteiger partial charge in [0.05, 0.1) is 5.69 Å². The fourth-order valence-electron chi connectivity index (χ4n) is 1.78. The van der Waals surface area contributed by atoms with Crippen LogP contribution < -0.4 is 16.2 Å². The molecule has 0 spiro atoms. The van der Waals surface area contributed by atoms with Gasteiger partial charge in [-0.1, -0.05) is 6.07 Å². The smallest absolute Gasteiger partial charge is 0.240 e. The zero-order chi connectivity index (χ0) is 15.8. The van der Waals surface area contributed by atoms with Gasteiger partial charge in [-0.05, 0) is 36.8 Å². The van der Waals surface area contributed by atoms with E-state index in [0.29, 0.717) is 0 Å². The quantitative estimate of drug-likeness (QED) is 0.757. The van der Waals surface area contributed by atoms with Gasteiger partial charge in [-0.25, -0.2) is 22.3 Å². The van der Waals surface area contributed by atoms with Crippen LogP contribution in [0.25, 0.3) is 0 Å². The standard InChI is InChI=1S/C13H13F2N3O2S/c1-7-2-4-9(14)13(12(7)15)18-10-5-3-8(16)6-11(10)21(17,19)20/h2-6,18H,16H2,1H3,(H2,17,19,20).